The number of rotatable bonds is 6. The van der Waals surface area contributed by atoms with E-state index in [0.717, 1.165) is 16.1 Å². The molecule has 0 aromatic heterocycles. The number of esters is 1. The van der Waals surface area contributed by atoms with Gasteiger partial charge in [-0.2, -0.15) is 0 Å². The van der Waals surface area contributed by atoms with Gasteiger partial charge < -0.3 is 10.1 Å². The zero-order valence-corrected chi connectivity index (χ0v) is 17.5. The molecule has 2 aromatic carbocycles. The number of hydrogen-bond donors (Lipinski definition) is 1. The number of carbonyl (C=O) groups excluding carboxylic acids is 2. The highest BCUT2D eigenvalue weighted by molar-refractivity contribution is 7.92. The summed E-state index contributed by atoms with van der Waals surface area (Å²) in [5, 5.41) is 3.02. The molecule has 2 aromatic rings. The van der Waals surface area contributed by atoms with Crippen LogP contribution < -0.4 is 9.62 Å². The molecule has 0 saturated carbocycles. The van der Waals surface area contributed by atoms with E-state index in [1.54, 1.807) is 37.3 Å². The zero-order valence-electron chi connectivity index (χ0n) is 15.9. The highest BCUT2D eigenvalue weighted by atomic mass is 35.5. The second kappa shape index (κ2) is 8.62. The third-order valence-corrected chi connectivity index (χ3v) is 5.70. The number of benzene rings is 2. The minimum Gasteiger partial charge on any atom is -0.465 e. The van der Waals surface area contributed by atoms with Crippen LogP contribution in [0.3, 0.4) is 0 Å². The number of carbonyl (C=O) groups is 2. The number of methoxy groups -OCH3 is 1. The summed E-state index contributed by atoms with van der Waals surface area (Å²) in [4.78, 5) is 24.3. The first-order valence-corrected chi connectivity index (χ1v) is 10.5. The lowest BCUT2D eigenvalue weighted by atomic mass is 10.2. The summed E-state index contributed by atoms with van der Waals surface area (Å²) in [5.41, 5.74) is 1.67. The molecule has 28 heavy (non-hydrogen) atoms. The van der Waals surface area contributed by atoms with Gasteiger partial charge in [-0.25, -0.2) is 13.2 Å². The maximum absolute atomic E-state index is 12.7. The van der Waals surface area contributed by atoms with Gasteiger partial charge in [-0.3, -0.25) is 9.10 Å². The van der Waals surface area contributed by atoms with E-state index in [1.165, 1.54) is 26.2 Å². The van der Waals surface area contributed by atoms with Gasteiger partial charge in [0.2, 0.25) is 15.9 Å². The summed E-state index contributed by atoms with van der Waals surface area (Å²) >= 11 is 6.12. The maximum Gasteiger partial charge on any atom is 0.337 e. The summed E-state index contributed by atoms with van der Waals surface area (Å²) in [6.07, 6.45) is 1.02. The van der Waals surface area contributed by atoms with E-state index in [0.29, 0.717) is 10.7 Å². The molecular formula is C19H21ClN2O5S. The van der Waals surface area contributed by atoms with Crippen molar-refractivity contribution in [3.8, 4) is 0 Å². The number of sulfonamides is 1. The van der Waals surface area contributed by atoms with Gasteiger partial charge >= 0.3 is 5.97 Å². The quantitative estimate of drug-likeness (QED) is 0.718. The molecule has 7 nitrogen and oxygen atoms in total. The molecular weight excluding hydrogens is 404 g/mol. The van der Waals surface area contributed by atoms with Gasteiger partial charge in [0, 0.05) is 10.7 Å². The first-order valence-electron chi connectivity index (χ1n) is 8.29. The standard InChI is InChI=1S/C19H21ClN2O5S/c1-12-8-9-16(11-17(12)20)22(28(4,25)26)13(2)18(23)21-15-7-5-6-14(10-15)19(24)27-3/h5-11,13H,1-4H3,(H,21,23). The van der Waals surface area contributed by atoms with E-state index in [9.17, 15) is 18.0 Å². The van der Waals surface area contributed by atoms with E-state index in [1.807, 2.05) is 0 Å². The fourth-order valence-corrected chi connectivity index (χ4v) is 3.96. The lowest BCUT2D eigenvalue weighted by molar-refractivity contribution is -0.116. The average molecular weight is 425 g/mol. The van der Waals surface area contributed by atoms with Gasteiger partial charge in [-0.05, 0) is 49.7 Å². The molecule has 0 aliphatic rings. The Morgan fingerprint density at radius 1 is 1.18 bits per heavy atom. The first kappa shape index (κ1) is 21.7. The van der Waals surface area contributed by atoms with Gasteiger partial charge in [0.05, 0.1) is 24.6 Å². The molecule has 0 saturated heterocycles. The number of aryl methyl sites for hydroxylation is 1. The molecule has 0 spiro atoms. The van der Waals surface area contributed by atoms with Gasteiger partial charge in [0.1, 0.15) is 6.04 Å². The number of amides is 1. The highest BCUT2D eigenvalue weighted by Crippen LogP contribution is 2.27. The van der Waals surface area contributed by atoms with Gasteiger partial charge in [0.15, 0.2) is 0 Å². The fraction of sp³-hybridized carbons (Fsp3) is 0.263. The highest BCUT2D eigenvalue weighted by Gasteiger charge is 2.29. The van der Waals surface area contributed by atoms with Crippen molar-refractivity contribution in [1.29, 1.82) is 0 Å². The Morgan fingerprint density at radius 3 is 2.43 bits per heavy atom. The Balaban J connectivity index is 2.32. The lowest BCUT2D eigenvalue weighted by Crippen LogP contribution is -2.45. The molecule has 0 aliphatic carbocycles. The predicted molar refractivity (Wildman–Crippen MR) is 109 cm³/mol. The van der Waals surface area contributed by atoms with E-state index >= 15 is 0 Å². The van der Waals surface area contributed by atoms with Crippen molar-refractivity contribution in [2.75, 3.05) is 23.0 Å². The van der Waals surface area contributed by atoms with Crippen molar-refractivity contribution in [1.82, 2.24) is 0 Å². The van der Waals surface area contributed by atoms with Crippen LogP contribution in [0.15, 0.2) is 42.5 Å². The van der Waals surface area contributed by atoms with Crippen LogP contribution in [0.1, 0.15) is 22.8 Å². The Labute approximate surface area is 169 Å². The lowest BCUT2D eigenvalue weighted by Gasteiger charge is -2.28. The predicted octanol–water partition coefficient (Wildman–Crippen LogP) is 3.23. The number of nitrogens with one attached hydrogen (secondary N) is 1. The third kappa shape index (κ3) is 5.02. The van der Waals surface area contributed by atoms with Crippen molar-refractivity contribution in [3.63, 3.8) is 0 Å². The molecule has 150 valence electrons. The van der Waals surface area contributed by atoms with Gasteiger partial charge in [-0.1, -0.05) is 23.7 Å². The van der Waals surface area contributed by atoms with E-state index < -0.39 is 27.9 Å². The van der Waals surface area contributed by atoms with Crippen LogP contribution in [0.5, 0.6) is 0 Å². The first-order chi connectivity index (χ1) is 13.0. The molecule has 1 N–H and O–H groups in total. The molecule has 9 heteroatoms. The average Bonchev–Trinajstić information content (AvgIpc) is 2.63. The number of halogens is 1. The molecule has 2 rings (SSSR count). The molecule has 1 atom stereocenters. The van der Waals surface area contributed by atoms with Crippen molar-refractivity contribution in [2.24, 2.45) is 0 Å². The number of anilines is 2. The Bertz CT molecular complexity index is 1010. The van der Waals surface area contributed by atoms with Crippen molar-refractivity contribution in [3.05, 3.63) is 58.6 Å². The number of hydrogen-bond acceptors (Lipinski definition) is 5. The number of ether oxygens (including phenoxy) is 1. The monoisotopic (exact) mass is 424 g/mol. The summed E-state index contributed by atoms with van der Waals surface area (Å²) in [7, 11) is -2.51. The molecule has 1 amide bonds. The van der Waals surface area contributed by atoms with Crippen molar-refractivity contribution in [2.45, 2.75) is 19.9 Å². The zero-order chi connectivity index (χ0) is 21.1. The van der Waals surface area contributed by atoms with E-state index in [-0.39, 0.29) is 11.3 Å². The van der Waals surface area contributed by atoms with Crippen molar-refractivity contribution < 1.29 is 22.7 Å². The molecule has 1 unspecified atom stereocenters. The Morgan fingerprint density at radius 2 is 1.86 bits per heavy atom. The minimum absolute atomic E-state index is 0.262. The van der Waals surface area contributed by atoms with Crippen LogP contribution >= 0.6 is 11.6 Å². The summed E-state index contributed by atoms with van der Waals surface area (Å²) < 4.78 is 30.4. The molecule has 0 aliphatic heterocycles. The maximum atomic E-state index is 12.7. The smallest absolute Gasteiger partial charge is 0.337 e. The van der Waals surface area contributed by atoms with Crippen LogP contribution in [-0.2, 0) is 19.6 Å². The Kier molecular flexibility index (Phi) is 6.69. The molecule has 0 radical (unpaired) electrons. The van der Waals surface area contributed by atoms with E-state index in [2.05, 4.69) is 10.1 Å². The van der Waals surface area contributed by atoms with Crippen LogP contribution in [-0.4, -0.2) is 39.7 Å². The van der Waals surface area contributed by atoms with Crippen LogP contribution in [0, 0.1) is 6.92 Å². The van der Waals surface area contributed by atoms with E-state index in [4.69, 9.17) is 11.6 Å². The minimum atomic E-state index is -3.77. The van der Waals surface area contributed by atoms with Crippen LogP contribution in [0.25, 0.3) is 0 Å². The SMILES string of the molecule is COC(=O)c1cccc(NC(=O)C(C)N(c2ccc(C)c(Cl)c2)S(C)(=O)=O)c1. The van der Waals surface area contributed by atoms with Gasteiger partial charge in [-0.15, -0.1) is 0 Å². The number of nitrogens with zero attached hydrogens (tertiary/aromatic N) is 1. The normalized spacial score (nSPS) is 12.2. The second-order valence-corrected chi connectivity index (χ2v) is 8.50. The summed E-state index contributed by atoms with van der Waals surface area (Å²) in [6.45, 7) is 3.26. The molecule has 0 bridgehead atoms. The largest absolute Gasteiger partial charge is 0.465 e. The topological polar surface area (TPSA) is 92.8 Å². The van der Waals surface area contributed by atoms with Crippen LogP contribution in [0.2, 0.25) is 5.02 Å². The third-order valence-electron chi connectivity index (χ3n) is 4.05. The fourth-order valence-electron chi connectivity index (χ4n) is 2.62. The molecule has 0 heterocycles. The van der Waals surface area contributed by atoms with Crippen molar-refractivity contribution >= 4 is 44.9 Å². The summed E-state index contributed by atoms with van der Waals surface area (Å²) in [5.74, 6) is -1.11. The van der Waals surface area contributed by atoms with Crippen LogP contribution in [0.4, 0.5) is 11.4 Å². The summed E-state index contributed by atoms with van der Waals surface area (Å²) in [6, 6.07) is 9.87. The van der Waals surface area contributed by atoms with Gasteiger partial charge in [0.25, 0.3) is 0 Å². The second-order valence-electron chi connectivity index (χ2n) is 6.23. The molecule has 0 fully saturated rings. The Hall–Kier alpha value is -2.58.